The first-order valence-corrected chi connectivity index (χ1v) is 5.94. The molecule has 2 unspecified atom stereocenters. The zero-order chi connectivity index (χ0) is 10.9. The van der Waals surface area contributed by atoms with Crippen LogP contribution in [0.2, 0.25) is 0 Å². The monoisotopic (exact) mass is 211 g/mol. The van der Waals surface area contributed by atoms with Crippen LogP contribution in [-0.4, -0.2) is 43.0 Å². The minimum atomic E-state index is -0.218. The SMILES string of the molecule is CC(C)(C=O)CN1CCOC2CCCC21. The first-order valence-electron chi connectivity index (χ1n) is 5.94. The van der Waals surface area contributed by atoms with E-state index in [0.717, 1.165) is 26.0 Å². The summed E-state index contributed by atoms with van der Waals surface area (Å²) < 4.78 is 5.75. The van der Waals surface area contributed by atoms with Gasteiger partial charge in [-0.3, -0.25) is 4.90 Å². The molecule has 86 valence electrons. The molecule has 1 saturated heterocycles. The molecular weight excluding hydrogens is 190 g/mol. The fourth-order valence-electron chi connectivity index (χ4n) is 2.76. The summed E-state index contributed by atoms with van der Waals surface area (Å²) in [6, 6.07) is 0.568. The lowest BCUT2D eigenvalue weighted by molar-refractivity contribution is -0.118. The van der Waals surface area contributed by atoms with E-state index in [-0.39, 0.29) is 5.41 Å². The Morgan fingerprint density at radius 3 is 3.00 bits per heavy atom. The number of ether oxygens (including phenoxy) is 1. The second-order valence-corrected chi connectivity index (χ2v) is 5.48. The van der Waals surface area contributed by atoms with Gasteiger partial charge < -0.3 is 9.53 Å². The van der Waals surface area contributed by atoms with Crippen LogP contribution in [0, 0.1) is 5.41 Å². The van der Waals surface area contributed by atoms with Gasteiger partial charge in [0.15, 0.2) is 0 Å². The second kappa shape index (κ2) is 4.22. The molecule has 0 amide bonds. The quantitative estimate of drug-likeness (QED) is 0.662. The van der Waals surface area contributed by atoms with Gasteiger partial charge in [-0.05, 0) is 19.3 Å². The fraction of sp³-hybridized carbons (Fsp3) is 0.917. The average Bonchev–Trinajstić information content (AvgIpc) is 2.66. The number of morpholine rings is 1. The molecule has 1 saturated carbocycles. The van der Waals surface area contributed by atoms with Crippen LogP contribution in [0.4, 0.5) is 0 Å². The molecule has 2 atom stereocenters. The molecule has 2 fully saturated rings. The summed E-state index contributed by atoms with van der Waals surface area (Å²) >= 11 is 0. The molecule has 1 heterocycles. The average molecular weight is 211 g/mol. The van der Waals surface area contributed by atoms with Gasteiger partial charge in [0.05, 0.1) is 12.7 Å². The van der Waals surface area contributed by atoms with E-state index < -0.39 is 0 Å². The lowest BCUT2D eigenvalue weighted by Crippen LogP contribution is -2.51. The molecule has 0 N–H and O–H groups in total. The fourth-order valence-corrected chi connectivity index (χ4v) is 2.76. The van der Waals surface area contributed by atoms with E-state index in [9.17, 15) is 4.79 Å². The van der Waals surface area contributed by atoms with Gasteiger partial charge in [0, 0.05) is 24.5 Å². The Morgan fingerprint density at radius 2 is 2.27 bits per heavy atom. The van der Waals surface area contributed by atoms with E-state index in [4.69, 9.17) is 4.74 Å². The molecule has 15 heavy (non-hydrogen) atoms. The maximum Gasteiger partial charge on any atom is 0.126 e. The lowest BCUT2D eigenvalue weighted by atomic mass is 9.93. The van der Waals surface area contributed by atoms with Gasteiger partial charge in [0.25, 0.3) is 0 Å². The van der Waals surface area contributed by atoms with E-state index in [1.165, 1.54) is 19.3 Å². The minimum absolute atomic E-state index is 0.218. The number of hydrogen-bond donors (Lipinski definition) is 0. The van der Waals surface area contributed by atoms with Crippen molar-refractivity contribution in [3.8, 4) is 0 Å². The van der Waals surface area contributed by atoms with Crippen molar-refractivity contribution in [1.29, 1.82) is 0 Å². The largest absolute Gasteiger partial charge is 0.375 e. The zero-order valence-electron chi connectivity index (χ0n) is 9.74. The number of carbonyl (C=O) groups is 1. The highest BCUT2D eigenvalue weighted by Gasteiger charge is 2.37. The van der Waals surface area contributed by atoms with Gasteiger partial charge >= 0.3 is 0 Å². The second-order valence-electron chi connectivity index (χ2n) is 5.48. The number of fused-ring (bicyclic) bond motifs is 1. The predicted octanol–water partition coefficient (Wildman–Crippen LogP) is 1.46. The van der Waals surface area contributed by atoms with Gasteiger partial charge in [-0.1, -0.05) is 13.8 Å². The molecule has 1 aliphatic heterocycles. The van der Waals surface area contributed by atoms with E-state index in [1.807, 2.05) is 13.8 Å². The Labute approximate surface area is 91.8 Å². The molecule has 0 aromatic carbocycles. The summed E-state index contributed by atoms with van der Waals surface area (Å²) in [5.41, 5.74) is -0.218. The van der Waals surface area contributed by atoms with Crippen LogP contribution in [-0.2, 0) is 9.53 Å². The molecule has 2 rings (SSSR count). The van der Waals surface area contributed by atoms with E-state index in [2.05, 4.69) is 4.90 Å². The van der Waals surface area contributed by atoms with Crippen molar-refractivity contribution in [2.75, 3.05) is 19.7 Å². The Morgan fingerprint density at radius 1 is 1.47 bits per heavy atom. The highest BCUT2D eigenvalue weighted by molar-refractivity contribution is 5.58. The maximum atomic E-state index is 10.9. The molecule has 0 aromatic rings. The Hall–Kier alpha value is -0.410. The topological polar surface area (TPSA) is 29.5 Å². The molecule has 0 aromatic heterocycles. The minimum Gasteiger partial charge on any atom is -0.375 e. The zero-order valence-corrected chi connectivity index (χ0v) is 9.74. The normalized spacial score (nSPS) is 32.7. The van der Waals surface area contributed by atoms with Crippen molar-refractivity contribution < 1.29 is 9.53 Å². The van der Waals surface area contributed by atoms with Crippen molar-refractivity contribution in [1.82, 2.24) is 4.90 Å². The van der Waals surface area contributed by atoms with Crippen LogP contribution >= 0.6 is 0 Å². The molecule has 2 aliphatic rings. The summed E-state index contributed by atoms with van der Waals surface area (Å²) in [5.74, 6) is 0. The maximum absolute atomic E-state index is 10.9. The molecule has 0 radical (unpaired) electrons. The van der Waals surface area contributed by atoms with Crippen molar-refractivity contribution in [2.24, 2.45) is 5.41 Å². The van der Waals surface area contributed by atoms with Crippen molar-refractivity contribution in [3.05, 3.63) is 0 Å². The van der Waals surface area contributed by atoms with Crippen LogP contribution in [0.1, 0.15) is 33.1 Å². The van der Waals surface area contributed by atoms with Crippen LogP contribution < -0.4 is 0 Å². The van der Waals surface area contributed by atoms with E-state index in [0.29, 0.717) is 12.1 Å². The Kier molecular flexibility index (Phi) is 3.12. The van der Waals surface area contributed by atoms with E-state index in [1.54, 1.807) is 0 Å². The third-order valence-electron chi connectivity index (χ3n) is 3.53. The Bertz CT molecular complexity index is 240. The van der Waals surface area contributed by atoms with Crippen LogP contribution in [0.25, 0.3) is 0 Å². The third-order valence-corrected chi connectivity index (χ3v) is 3.53. The number of aldehydes is 1. The number of rotatable bonds is 3. The van der Waals surface area contributed by atoms with Crippen LogP contribution in [0.3, 0.4) is 0 Å². The van der Waals surface area contributed by atoms with Crippen molar-refractivity contribution >= 4 is 6.29 Å². The number of carbonyl (C=O) groups excluding carboxylic acids is 1. The first kappa shape index (κ1) is 11.1. The lowest BCUT2D eigenvalue weighted by Gasteiger charge is -2.40. The van der Waals surface area contributed by atoms with Gasteiger partial charge in [-0.2, -0.15) is 0 Å². The van der Waals surface area contributed by atoms with Gasteiger partial charge in [-0.25, -0.2) is 0 Å². The van der Waals surface area contributed by atoms with Gasteiger partial charge in [0.1, 0.15) is 6.29 Å². The van der Waals surface area contributed by atoms with Crippen LogP contribution in [0.5, 0.6) is 0 Å². The molecule has 1 aliphatic carbocycles. The van der Waals surface area contributed by atoms with Gasteiger partial charge in [0.2, 0.25) is 0 Å². The molecular formula is C12H21NO2. The summed E-state index contributed by atoms with van der Waals surface area (Å²) in [4.78, 5) is 13.4. The number of hydrogen-bond acceptors (Lipinski definition) is 3. The summed E-state index contributed by atoms with van der Waals surface area (Å²) in [7, 11) is 0. The van der Waals surface area contributed by atoms with Gasteiger partial charge in [-0.15, -0.1) is 0 Å². The standard InChI is InChI=1S/C12H21NO2/c1-12(2,9-14)8-13-6-7-15-11-5-3-4-10(11)13/h9-11H,3-8H2,1-2H3. The molecule has 3 nitrogen and oxygen atoms in total. The highest BCUT2D eigenvalue weighted by Crippen LogP contribution is 2.31. The van der Waals surface area contributed by atoms with E-state index >= 15 is 0 Å². The Balaban J connectivity index is 1.99. The summed E-state index contributed by atoms with van der Waals surface area (Å²) in [5, 5.41) is 0. The summed E-state index contributed by atoms with van der Waals surface area (Å²) in [6.07, 6.45) is 5.21. The highest BCUT2D eigenvalue weighted by atomic mass is 16.5. The van der Waals surface area contributed by atoms with Crippen molar-refractivity contribution in [2.45, 2.75) is 45.3 Å². The van der Waals surface area contributed by atoms with Crippen LogP contribution in [0.15, 0.2) is 0 Å². The smallest absolute Gasteiger partial charge is 0.126 e. The molecule has 0 bridgehead atoms. The number of nitrogens with zero attached hydrogens (tertiary/aromatic N) is 1. The summed E-state index contributed by atoms with van der Waals surface area (Å²) in [6.45, 7) is 6.72. The predicted molar refractivity (Wildman–Crippen MR) is 58.8 cm³/mol. The van der Waals surface area contributed by atoms with Crippen molar-refractivity contribution in [3.63, 3.8) is 0 Å². The first-order chi connectivity index (χ1) is 7.12. The molecule has 0 spiro atoms. The third kappa shape index (κ3) is 2.40. The molecule has 3 heteroatoms.